The molecule has 20 heavy (non-hydrogen) atoms. The maximum Gasteiger partial charge on any atom is 0.208 e. The molecule has 0 unspecified atom stereocenters. The van der Waals surface area contributed by atoms with E-state index < -0.39 is 0 Å². The number of fused-ring (bicyclic) bond motifs is 1. The lowest BCUT2D eigenvalue weighted by atomic mass is 10.3. The second-order valence-corrected chi connectivity index (χ2v) is 5.37. The third-order valence-corrected chi connectivity index (χ3v) is 3.69. The standard InChI is InChI=1S/C15H14BrN3O/c1-19(13-9-10(16)7-8-14(13)20-2)15-17-11-5-3-4-6-12(11)18-15/h3-9H,1-2H3,(H,17,18). The normalized spacial score (nSPS) is 10.8. The Morgan fingerprint density at radius 2 is 2.00 bits per heavy atom. The molecule has 0 saturated carbocycles. The molecule has 0 aliphatic heterocycles. The number of hydrogen-bond acceptors (Lipinski definition) is 3. The lowest BCUT2D eigenvalue weighted by Crippen LogP contribution is -2.12. The fourth-order valence-electron chi connectivity index (χ4n) is 2.14. The number of nitrogens with zero attached hydrogens (tertiary/aromatic N) is 2. The first kappa shape index (κ1) is 13.0. The Kier molecular flexibility index (Phi) is 3.36. The molecule has 3 aromatic rings. The number of anilines is 2. The molecule has 0 aliphatic rings. The van der Waals surface area contributed by atoms with Crippen molar-refractivity contribution in [1.82, 2.24) is 9.97 Å². The molecule has 0 saturated heterocycles. The highest BCUT2D eigenvalue weighted by Gasteiger charge is 2.14. The van der Waals surface area contributed by atoms with Crippen LogP contribution in [0.2, 0.25) is 0 Å². The highest BCUT2D eigenvalue weighted by Crippen LogP contribution is 2.34. The number of hydrogen-bond donors (Lipinski definition) is 1. The van der Waals surface area contributed by atoms with Crippen LogP contribution in [0.3, 0.4) is 0 Å². The molecule has 1 aromatic heterocycles. The number of aromatic nitrogens is 2. The minimum absolute atomic E-state index is 0.780. The summed E-state index contributed by atoms with van der Waals surface area (Å²) < 4.78 is 6.41. The van der Waals surface area contributed by atoms with Crippen LogP contribution in [0.5, 0.6) is 5.75 Å². The molecule has 0 spiro atoms. The molecule has 4 nitrogen and oxygen atoms in total. The average Bonchev–Trinajstić information content (AvgIpc) is 2.90. The van der Waals surface area contributed by atoms with Crippen molar-refractivity contribution in [2.75, 3.05) is 19.1 Å². The van der Waals surface area contributed by atoms with E-state index in [0.29, 0.717) is 0 Å². The lowest BCUT2D eigenvalue weighted by Gasteiger charge is -2.19. The van der Waals surface area contributed by atoms with Crippen LogP contribution in [0.1, 0.15) is 0 Å². The van der Waals surface area contributed by atoms with E-state index in [1.165, 1.54) is 0 Å². The quantitative estimate of drug-likeness (QED) is 0.785. The molecule has 5 heteroatoms. The molecule has 0 atom stereocenters. The molecule has 0 bridgehead atoms. The number of rotatable bonds is 3. The Labute approximate surface area is 125 Å². The van der Waals surface area contributed by atoms with E-state index >= 15 is 0 Å². The van der Waals surface area contributed by atoms with E-state index in [1.54, 1.807) is 7.11 Å². The molecule has 0 amide bonds. The van der Waals surface area contributed by atoms with Crippen molar-refractivity contribution in [2.45, 2.75) is 0 Å². The summed E-state index contributed by atoms with van der Waals surface area (Å²) in [6.45, 7) is 0. The topological polar surface area (TPSA) is 41.1 Å². The zero-order valence-electron chi connectivity index (χ0n) is 11.2. The number of H-pyrrole nitrogens is 1. The van der Waals surface area contributed by atoms with Gasteiger partial charge in [-0.15, -0.1) is 0 Å². The van der Waals surface area contributed by atoms with Gasteiger partial charge < -0.3 is 14.6 Å². The third-order valence-electron chi connectivity index (χ3n) is 3.20. The predicted molar refractivity (Wildman–Crippen MR) is 84.9 cm³/mol. The number of ether oxygens (including phenoxy) is 1. The Bertz CT molecular complexity index is 721. The van der Waals surface area contributed by atoms with Crippen LogP contribution < -0.4 is 9.64 Å². The number of aromatic amines is 1. The first-order chi connectivity index (χ1) is 9.69. The van der Waals surface area contributed by atoms with Gasteiger partial charge in [-0.1, -0.05) is 28.1 Å². The van der Waals surface area contributed by atoms with E-state index in [-0.39, 0.29) is 0 Å². The lowest BCUT2D eigenvalue weighted by molar-refractivity contribution is 0.415. The summed E-state index contributed by atoms with van der Waals surface area (Å²) >= 11 is 3.49. The fourth-order valence-corrected chi connectivity index (χ4v) is 2.49. The van der Waals surface area contributed by atoms with Crippen molar-refractivity contribution in [3.63, 3.8) is 0 Å². The van der Waals surface area contributed by atoms with E-state index in [1.807, 2.05) is 54.4 Å². The van der Waals surface area contributed by atoms with Crippen molar-refractivity contribution in [2.24, 2.45) is 0 Å². The summed E-state index contributed by atoms with van der Waals surface area (Å²) in [7, 11) is 3.63. The van der Waals surface area contributed by atoms with Gasteiger partial charge in [-0.05, 0) is 30.3 Å². The van der Waals surface area contributed by atoms with Gasteiger partial charge in [0.15, 0.2) is 0 Å². The number of halogens is 1. The van der Waals surface area contributed by atoms with Gasteiger partial charge >= 0.3 is 0 Å². The van der Waals surface area contributed by atoms with E-state index in [4.69, 9.17) is 4.74 Å². The van der Waals surface area contributed by atoms with Crippen LogP contribution in [-0.4, -0.2) is 24.1 Å². The number of methoxy groups -OCH3 is 1. The average molecular weight is 332 g/mol. The number of imidazole rings is 1. The summed E-state index contributed by atoms with van der Waals surface area (Å²) in [6, 6.07) is 13.9. The minimum atomic E-state index is 0.780. The zero-order chi connectivity index (χ0) is 14.1. The van der Waals surface area contributed by atoms with Gasteiger partial charge in [0.1, 0.15) is 5.75 Å². The highest BCUT2D eigenvalue weighted by atomic mass is 79.9. The fraction of sp³-hybridized carbons (Fsp3) is 0.133. The van der Waals surface area contributed by atoms with Gasteiger partial charge in [0, 0.05) is 11.5 Å². The van der Waals surface area contributed by atoms with Crippen LogP contribution in [0.15, 0.2) is 46.9 Å². The van der Waals surface area contributed by atoms with Gasteiger partial charge in [-0.3, -0.25) is 0 Å². The third kappa shape index (κ3) is 2.25. The summed E-state index contributed by atoms with van der Waals surface area (Å²) in [5.41, 5.74) is 2.91. The van der Waals surface area contributed by atoms with Crippen molar-refractivity contribution < 1.29 is 4.74 Å². The molecular formula is C15H14BrN3O. The van der Waals surface area contributed by atoms with Crippen LogP contribution in [0.4, 0.5) is 11.6 Å². The highest BCUT2D eigenvalue weighted by molar-refractivity contribution is 9.10. The first-order valence-electron chi connectivity index (χ1n) is 6.21. The Morgan fingerprint density at radius 1 is 1.20 bits per heavy atom. The zero-order valence-corrected chi connectivity index (χ0v) is 12.8. The van der Waals surface area contributed by atoms with Crippen molar-refractivity contribution in [3.05, 3.63) is 46.9 Å². The maximum atomic E-state index is 5.41. The summed E-state index contributed by atoms with van der Waals surface area (Å²) in [6.07, 6.45) is 0. The molecule has 102 valence electrons. The first-order valence-corrected chi connectivity index (χ1v) is 7.00. The second kappa shape index (κ2) is 5.17. The van der Waals surface area contributed by atoms with E-state index in [2.05, 4.69) is 25.9 Å². The van der Waals surface area contributed by atoms with E-state index in [0.717, 1.165) is 32.9 Å². The van der Waals surface area contributed by atoms with Gasteiger partial charge in [-0.2, -0.15) is 0 Å². The van der Waals surface area contributed by atoms with Crippen molar-refractivity contribution in [3.8, 4) is 5.75 Å². The van der Waals surface area contributed by atoms with Gasteiger partial charge in [0.2, 0.25) is 5.95 Å². The summed E-state index contributed by atoms with van der Waals surface area (Å²) in [5, 5.41) is 0. The molecule has 0 radical (unpaired) electrons. The summed E-state index contributed by atoms with van der Waals surface area (Å²) in [4.78, 5) is 9.88. The van der Waals surface area contributed by atoms with Crippen molar-refractivity contribution in [1.29, 1.82) is 0 Å². The van der Waals surface area contributed by atoms with Crippen LogP contribution in [0.25, 0.3) is 11.0 Å². The minimum Gasteiger partial charge on any atom is -0.495 e. The maximum absolute atomic E-state index is 5.41. The van der Waals surface area contributed by atoms with Crippen molar-refractivity contribution >= 4 is 38.6 Å². The van der Waals surface area contributed by atoms with Crippen LogP contribution in [-0.2, 0) is 0 Å². The Hall–Kier alpha value is -2.01. The van der Waals surface area contributed by atoms with Gasteiger partial charge in [0.05, 0.1) is 23.8 Å². The van der Waals surface area contributed by atoms with E-state index in [9.17, 15) is 0 Å². The molecular weight excluding hydrogens is 318 g/mol. The second-order valence-electron chi connectivity index (χ2n) is 4.45. The largest absolute Gasteiger partial charge is 0.495 e. The number of benzene rings is 2. The summed E-state index contributed by atoms with van der Waals surface area (Å²) in [5.74, 6) is 1.58. The number of nitrogens with one attached hydrogen (secondary N) is 1. The Balaban J connectivity index is 2.07. The molecule has 3 rings (SSSR count). The smallest absolute Gasteiger partial charge is 0.208 e. The molecule has 0 fully saturated rings. The molecule has 0 aliphatic carbocycles. The van der Waals surface area contributed by atoms with Gasteiger partial charge in [-0.25, -0.2) is 4.98 Å². The van der Waals surface area contributed by atoms with Crippen LogP contribution in [0, 0.1) is 0 Å². The SMILES string of the molecule is COc1ccc(Br)cc1N(C)c1nc2ccccc2[nH]1. The Morgan fingerprint density at radius 3 is 2.75 bits per heavy atom. The number of para-hydroxylation sites is 2. The molecule has 1 heterocycles. The van der Waals surface area contributed by atoms with Crippen LogP contribution >= 0.6 is 15.9 Å². The van der Waals surface area contributed by atoms with Gasteiger partial charge in [0.25, 0.3) is 0 Å². The monoisotopic (exact) mass is 331 g/mol. The molecule has 1 N–H and O–H groups in total. The predicted octanol–water partition coefficient (Wildman–Crippen LogP) is 4.10. The molecule has 2 aromatic carbocycles.